The Morgan fingerprint density at radius 2 is 1.93 bits per heavy atom. The molecule has 0 heterocycles. The summed E-state index contributed by atoms with van der Waals surface area (Å²) in [5.74, 6) is -1.86. The minimum Gasteiger partial charge on any atom is -0.494 e. The molecule has 2 rings (SSSR count). The lowest BCUT2D eigenvalue weighted by molar-refractivity contribution is -0.384. The van der Waals surface area contributed by atoms with Crippen LogP contribution in [0.25, 0.3) is 0 Å². The summed E-state index contributed by atoms with van der Waals surface area (Å²) in [7, 11) is 1.30. The van der Waals surface area contributed by atoms with Gasteiger partial charge in [0.25, 0.3) is 11.6 Å². The fraction of sp³-hybridized carbons (Fsp3) is 0.167. The van der Waals surface area contributed by atoms with Gasteiger partial charge in [-0.3, -0.25) is 19.7 Å². The van der Waals surface area contributed by atoms with Gasteiger partial charge in [0.15, 0.2) is 6.61 Å². The van der Waals surface area contributed by atoms with E-state index in [0.717, 1.165) is 17.8 Å². The van der Waals surface area contributed by atoms with E-state index < -0.39 is 29.3 Å². The zero-order chi connectivity index (χ0) is 21.4. The number of ether oxygens (including phenoxy) is 2. The second kappa shape index (κ2) is 10.1. The zero-order valence-electron chi connectivity index (χ0n) is 15.2. The molecule has 152 valence electrons. The SMILES string of the molecule is COc1cc([N+](=O)[O-])ccc1NC(=O)COC(=O)c1ccccc1SCC(N)=O. The number of hydrogen-bond acceptors (Lipinski definition) is 8. The number of nitrogens with zero attached hydrogens (tertiary/aromatic N) is 1. The van der Waals surface area contributed by atoms with Gasteiger partial charge in [0.2, 0.25) is 5.91 Å². The first-order valence-electron chi connectivity index (χ1n) is 8.11. The Bertz CT molecular complexity index is 949. The van der Waals surface area contributed by atoms with Crippen LogP contribution in [0.5, 0.6) is 5.75 Å². The van der Waals surface area contributed by atoms with Gasteiger partial charge in [-0.1, -0.05) is 12.1 Å². The summed E-state index contributed by atoms with van der Waals surface area (Å²) < 4.78 is 10.0. The topological polar surface area (TPSA) is 151 Å². The number of primary amides is 1. The molecule has 0 saturated carbocycles. The lowest BCUT2D eigenvalue weighted by atomic mass is 10.2. The van der Waals surface area contributed by atoms with Crippen molar-refractivity contribution in [2.24, 2.45) is 5.73 Å². The van der Waals surface area contributed by atoms with Gasteiger partial charge in [0.05, 0.1) is 35.1 Å². The maximum Gasteiger partial charge on any atom is 0.339 e. The number of thioether (sulfide) groups is 1. The molecule has 0 radical (unpaired) electrons. The van der Waals surface area contributed by atoms with Gasteiger partial charge in [0.1, 0.15) is 5.75 Å². The van der Waals surface area contributed by atoms with E-state index in [9.17, 15) is 24.5 Å². The van der Waals surface area contributed by atoms with Crippen LogP contribution in [-0.2, 0) is 14.3 Å². The monoisotopic (exact) mass is 419 g/mol. The number of esters is 1. The molecule has 10 nitrogen and oxygen atoms in total. The van der Waals surface area contributed by atoms with E-state index in [1.54, 1.807) is 18.2 Å². The van der Waals surface area contributed by atoms with E-state index in [2.05, 4.69) is 5.32 Å². The van der Waals surface area contributed by atoms with Crippen molar-refractivity contribution in [3.05, 3.63) is 58.1 Å². The highest BCUT2D eigenvalue weighted by Gasteiger charge is 2.17. The first kappa shape index (κ1) is 21.7. The number of rotatable bonds is 9. The second-order valence-electron chi connectivity index (χ2n) is 5.52. The van der Waals surface area contributed by atoms with E-state index in [-0.39, 0.29) is 28.4 Å². The van der Waals surface area contributed by atoms with Gasteiger partial charge in [0, 0.05) is 11.0 Å². The summed E-state index contributed by atoms with van der Waals surface area (Å²) in [6, 6.07) is 10.1. The Labute approximate surface area is 169 Å². The number of hydrogen-bond donors (Lipinski definition) is 2. The van der Waals surface area contributed by atoms with Crippen molar-refractivity contribution < 1.29 is 28.8 Å². The molecule has 11 heteroatoms. The third-order valence-electron chi connectivity index (χ3n) is 3.48. The van der Waals surface area contributed by atoms with E-state index in [1.807, 2.05) is 0 Å². The molecule has 2 aromatic rings. The van der Waals surface area contributed by atoms with Crippen LogP contribution in [0, 0.1) is 10.1 Å². The number of nitrogens with one attached hydrogen (secondary N) is 1. The van der Waals surface area contributed by atoms with Gasteiger partial charge < -0.3 is 20.5 Å². The first-order valence-corrected chi connectivity index (χ1v) is 9.10. The Kier molecular flexibility index (Phi) is 7.54. The van der Waals surface area contributed by atoms with Crippen molar-refractivity contribution in [3.63, 3.8) is 0 Å². The summed E-state index contributed by atoms with van der Waals surface area (Å²) >= 11 is 1.08. The molecule has 0 aliphatic carbocycles. The summed E-state index contributed by atoms with van der Waals surface area (Å²) in [5, 5.41) is 13.3. The lowest BCUT2D eigenvalue weighted by Crippen LogP contribution is -2.21. The number of amides is 2. The molecule has 0 atom stereocenters. The number of carbonyl (C=O) groups excluding carboxylic acids is 3. The van der Waals surface area contributed by atoms with Crippen LogP contribution in [-0.4, -0.2) is 42.2 Å². The molecule has 0 aliphatic rings. The molecule has 2 aromatic carbocycles. The van der Waals surface area contributed by atoms with Crippen molar-refractivity contribution >= 4 is 40.9 Å². The minimum atomic E-state index is -0.747. The number of nitro benzene ring substituents is 1. The average molecular weight is 419 g/mol. The van der Waals surface area contributed by atoms with Crippen molar-refractivity contribution in [1.82, 2.24) is 0 Å². The summed E-state index contributed by atoms with van der Waals surface area (Å²) in [5.41, 5.74) is 5.30. The van der Waals surface area contributed by atoms with Gasteiger partial charge in [-0.05, 0) is 18.2 Å². The Hall–Kier alpha value is -3.60. The lowest BCUT2D eigenvalue weighted by Gasteiger charge is -2.11. The van der Waals surface area contributed by atoms with E-state index in [4.69, 9.17) is 15.2 Å². The fourth-order valence-corrected chi connectivity index (χ4v) is 2.98. The smallest absolute Gasteiger partial charge is 0.339 e. The summed E-state index contributed by atoms with van der Waals surface area (Å²) in [6.45, 7) is -0.589. The van der Waals surface area contributed by atoms with Crippen molar-refractivity contribution in [1.29, 1.82) is 0 Å². The third kappa shape index (κ3) is 6.21. The van der Waals surface area contributed by atoms with E-state index in [1.165, 1.54) is 25.3 Å². The molecule has 0 spiro atoms. The van der Waals surface area contributed by atoms with Gasteiger partial charge in [-0.15, -0.1) is 11.8 Å². The minimum absolute atomic E-state index is 0.00921. The number of nitro groups is 1. The fourth-order valence-electron chi connectivity index (χ4n) is 2.20. The second-order valence-corrected chi connectivity index (χ2v) is 6.53. The van der Waals surface area contributed by atoms with Crippen molar-refractivity contribution in [2.45, 2.75) is 4.90 Å². The number of carbonyl (C=O) groups is 3. The maximum absolute atomic E-state index is 12.3. The quantitative estimate of drug-likeness (QED) is 0.271. The van der Waals surface area contributed by atoms with Crippen LogP contribution in [0.3, 0.4) is 0 Å². The molecule has 0 aromatic heterocycles. The molecule has 2 amide bonds. The molecular formula is C18H17N3O7S. The Morgan fingerprint density at radius 3 is 2.59 bits per heavy atom. The standard InChI is InChI=1S/C18H17N3O7S/c1-27-14-8-11(21(25)26)6-7-13(14)20-17(23)9-28-18(24)12-4-2-3-5-15(12)29-10-16(19)22/h2-8H,9-10H2,1H3,(H2,19,22)(H,20,23). The molecule has 3 N–H and O–H groups in total. The van der Waals surface area contributed by atoms with Crippen LogP contribution in [0.4, 0.5) is 11.4 Å². The predicted octanol–water partition coefficient (Wildman–Crippen LogP) is 1.98. The van der Waals surface area contributed by atoms with Crippen LogP contribution < -0.4 is 15.8 Å². The van der Waals surface area contributed by atoms with Gasteiger partial charge in [-0.25, -0.2) is 4.79 Å². The van der Waals surface area contributed by atoms with E-state index >= 15 is 0 Å². The van der Waals surface area contributed by atoms with Gasteiger partial charge >= 0.3 is 5.97 Å². The largest absolute Gasteiger partial charge is 0.494 e. The van der Waals surface area contributed by atoms with E-state index in [0.29, 0.717) is 4.90 Å². The summed E-state index contributed by atoms with van der Waals surface area (Å²) in [4.78, 5) is 46.0. The molecule has 29 heavy (non-hydrogen) atoms. The number of anilines is 1. The van der Waals surface area contributed by atoms with Crippen molar-refractivity contribution in [2.75, 3.05) is 24.8 Å². The number of benzene rings is 2. The molecule has 0 aliphatic heterocycles. The normalized spacial score (nSPS) is 10.1. The molecule has 0 bridgehead atoms. The molecule has 0 unspecified atom stereocenters. The molecule has 0 fully saturated rings. The van der Waals surface area contributed by atoms with Crippen LogP contribution in [0.15, 0.2) is 47.4 Å². The van der Waals surface area contributed by atoms with Crippen LogP contribution in [0.2, 0.25) is 0 Å². The van der Waals surface area contributed by atoms with Crippen LogP contribution >= 0.6 is 11.8 Å². The third-order valence-corrected chi connectivity index (χ3v) is 4.58. The van der Waals surface area contributed by atoms with Crippen molar-refractivity contribution in [3.8, 4) is 5.75 Å². The predicted molar refractivity (Wildman–Crippen MR) is 105 cm³/mol. The summed E-state index contributed by atoms with van der Waals surface area (Å²) in [6.07, 6.45) is 0. The first-order chi connectivity index (χ1) is 13.8. The Balaban J connectivity index is 2.00. The Morgan fingerprint density at radius 1 is 1.21 bits per heavy atom. The van der Waals surface area contributed by atoms with Crippen LogP contribution in [0.1, 0.15) is 10.4 Å². The molecule has 0 saturated heterocycles. The molecular weight excluding hydrogens is 402 g/mol. The number of non-ortho nitro benzene ring substituents is 1. The highest BCUT2D eigenvalue weighted by Crippen LogP contribution is 2.29. The highest BCUT2D eigenvalue weighted by atomic mass is 32.2. The zero-order valence-corrected chi connectivity index (χ0v) is 16.1. The number of methoxy groups -OCH3 is 1. The van der Waals surface area contributed by atoms with Gasteiger partial charge in [-0.2, -0.15) is 0 Å². The highest BCUT2D eigenvalue weighted by molar-refractivity contribution is 8.00. The number of nitrogens with two attached hydrogens (primary N) is 1. The maximum atomic E-state index is 12.3. The average Bonchev–Trinajstić information content (AvgIpc) is 2.70.